The van der Waals surface area contributed by atoms with Crippen molar-refractivity contribution in [1.29, 1.82) is 0 Å². The van der Waals surface area contributed by atoms with Gasteiger partial charge in [0.25, 0.3) is 0 Å². The van der Waals surface area contributed by atoms with Crippen molar-refractivity contribution in [2.45, 2.75) is 20.3 Å². The number of hydrogen-bond donors (Lipinski definition) is 1. The van der Waals surface area contributed by atoms with Gasteiger partial charge in [-0.2, -0.15) is 0 Å². The second-order valence-electron chi connectivity index (χ2n) is 2.45. The van der Waals surface area contributed by atoms with Crippen molar-refractivity contribution in [3.8, 4) is 0 Å². The summed E-state index contributed by atoms with van der Waals surface area (Å²) in [6, 6.07) is 0. The van der Waals surface area contributed by atoms with Crippen LogP contribution in [0, 0.1) is 5.92 Å². The highest BCUT2D eigenvalue weighted by molar-refractivity contribution is 4.89. The van der Waals surface area contributed by atoms with E-state index in [4.69, 9.17) is 5.11 Å². The average Bonchev–Trinajstić information content (AvgIpc) is 1.65. The molecule has 0 aromatic carbocycles. The quantitative estimate of drug-likeness (QED) is 0.552. The minimum absolute atomic E-state index is 0.271. The molecule has 0 bridgehead atoms. The van der Waals surface area contributed by atoms with Crippen LogP contribution in [0.1, 0.15) is 20.3 Å². The van der Waals surface area contributed by atoms with Crippen molar-refractivity contribution in [1.82, 2.24) is 0 Å². The van der Waals surface area contributed by atoms with Gasteiger partial charge in [-0.05, 0) is 19.3 Å². The molecule has 1 atom stereocenters. The first-order chi connectivity index (χ1) is 3.66. The number of hydrogen-bond acceptors (Lipinski definition) is 1. The third-order valence-corrected chi connectivity index (χ3v) is 1.01. The second kappa shape index (κ2) is 3.67. The van der Waals surface area contributed by atoms with E-state index in [1.165, 1.54) is 0 Å². The van der Waals surface area contributed by atoms with E-state index in [0.717, 1.165) is 12.0 Å². The predicted molar refractivity (Wildman–Crippen MR) is 35.7 cm³/mol. The van der Waals surface area contributed by atoms with E-state index in [9.17, 15) is 0 Å². The normalized spacial score (nSPS) is 13.4. The summed E-state index contributed by atoms with van der Waals surface area (Å²) in [6.45, 7) is 7.99. The maximum atomic E-state index is 8.54. The van der Waals surface area contributed by atoms with E-state index in [1.54, 1.807) is 0 Å². The first-order valence-electron chi connectivity index (χ1n) is 2.92. The summed E-state index contributed by atoms with van der Waals surface area (Å²) < 4.78 is 0. The Morgan fingerprint density at radius 2 is 2.25 bits per heavy atom. The summed E-state index contributed by atoms with van der Waals surface area (Å²) >= 11 is 0. The van der Waals surface area contributed by atoms with Crippen LogP contribution in [0.2, 0.25) is 0 Å². The molecule has 0 aliphatic carbocycles. The molecule has 0 fully saturated rings. The summed E-state index contributed by atoms with van der Waals surface area (Å²) in [6.07, 6.45) is 0.941. The molecule has 1 unspecified atom stereocenters. The van der Waals surface area contributed by atoms with Crippen molar-refractivity contribution >= 4 is 0 Å². The molecule has 1 heteroatoms. The van der Waals surface area contributed by atoms with Gasteiger partial charge in [0.2, 0.25) is 0 Å². The van der Waals surface area contributed by atoms with Gasteiger partial charge >= 0.3 is 0 Å². The molecule has 8 heavy (non-hydrogen) atoms. The van der Waals surface area contributed by atoms with Crippen LogP contribution in [0.25, 0.3) is 0 Å². The van der Waals surface area contributed by atoms with Gasteiger partial charge in [-0.15, -0.1) is 6.58 Å². The maximum Gasteiger partial charge on any atom is 0.0459 e. The smallest absolute Gasteiger partial charge is 0.0459 e. The molecule has 0 aliphatic rings. The van der Waals surface area contributed by atoms with E-state index >= 15 is 0 Å². The SMILES string of the molecule is C=C(C)CC(C)CO. The van der Waals surface area contributed by atoms with E-state index in [1.807, 2.05) is 13.8 Å². The van der Waals surface area contributed by atoms with E-state index in [0.29, 0.717) is 5.92 Å². The Morgan fingerprint density at radius 3 is 2.38 bits per heavy atom. The summed E-state index contributed by atoms with van der Waals surface area (Å²) in [7, 11) is 0. The molecule has 0 aromatic rings. The molecule has 0 spiro atoms. The first-order valence-corrected chi connectivity index (χ1v) is 2.92. The molecule has 0 saturated heterocycles. The number of rotatable bonds is 3. The Labute approximate surface area is 51.0 Å². The molecule has 0 heterocycles. The zero-order valence-electron chi connectivity index (χ0n) is 5.65. The lowest BCUT2D eigenvalue weighted by Crippen LogP contribution is -1.99. The van der Waals surface area contributed by atoms with Crippen molar-refractivity contribution in [3.63, 3.8) is 0 Å². The van der Waals surface area contributed by atoms with Gasteiger partial charge in [0.05, 0.1) is 0 Å². The topological polar surface area (TPSA) is 20.2 Å². The van der Waals surface area contributed by atoms with Crippen LogP contribution >= 0.6 is 0 Å². The molecule has 0 aliphatic heterocycles. The summed E-state index contributed by atoms with van der Waals surface area (Å²) in [5.41, 5.74) is 1.14. The third-order valence-electron chi connectivity index (χ3n) is 1.01. The summed E-state index contributed by atoms with van der Waals surface area (Å²) in [5, 5.41) is 8.54. The van der Waals surface area contributed by atoms with E-state index in [-0.39, 0.29) is 6.61 Å². The highest BCUT2D eigenvalue weighted by Gasteiger charge is 1.97. The summed E-state index contributed by atoms with van der Waals surface area (Å²) in [5.74, 6) is 0.382. The molecular weight excluding hydrogens is 100 g/mol. The third kappa shape index (κ3) is 3.88. The Kier molecular flexibility index (Phi) is 3.53. The molecule has 1 nitrogen and oxygen atoms in total. The van der Waals surface area contributed by atoms with Gasteiger partial charge in [0, 0.05) is 6.61 Å². The monoisotopic (exact) mass is 114 g/mol. The lowest BCUT2D eigenvalue weighted by atomic mass is 10.1. The minimum Gasteiger partial charge on any atom is -0.396 e. The van der Waals surface area contributed by atoms with Crippen LogP contribution in [0.3, 0.4) is 0 Å². The van der Waals surface area contributed by atoms with Gasteiger partial charge < -0.3 is 5.11 Å². The zero-order valence-corrected chi connectivity index (χ0v) is 5.65. The number of allylic oxidation sites excluding steroid dienone is 1. The van der Waals surface area contributed by atoms with Crippen molar-refractivity contribution in [2.24, 2.45) is 5.92 Å². The zero-order chi connectivity index (χ0) is 6.57. The number of aliphatic hydroxyl groups excluding tert-OH is 1. The molecule has 0 rings (SSSR count). The maximum absolute atomic E-state index is 8.54. The molecule has 0 radical (unpaired) electrons. The molecule has 0 aromatic heterocycles. The van der Waals surface area contributed by atoms with E-state index in [2.05, 4.69) is 6.58 Å². The van der Waals surface area contributed by atoms with Crippen molar-refractivity contribution in [3.05, 3.63) is 12.2 Å². The molecule has 0 saturated carbocycles. The van der Waals surface area contributed by atoms with Gasteiger partial charge in [-0.1, -0.05) is 12.5 Å². The lowest BCUT2D eigenvalue weighted by molar-refractivity contribution is 0.237. The van der Waals surface area contributed by atoms with Crippen LogP contribution in [0.4, 0.5) is 0 Å². The fraction of sp³-hybridized carbons (Fsp3) is 0.714. The van der Waals surface area contributed by atoms with Gasteiger partial charge in [-0.3, -0.25) is 0 Å². The second-order valence-corrected chi connectivity index (χ2v) is 2.45. The summed E-state index contributed by atoms with van der Waals surface area (Å²) in [4.78, 5) is 0. The van der Waals surface area contributed by atoms with Crippen molar-refractivity contribution in [2.75, 3.05) is 6.61 Å². The molecule has 0 amide bonds. The largest absolute Gasteiger partial charge is 0.396 e. The van der Waals surface area contributed by atoms with Crippen LogP contribution < -0.4 is 0 Å². The van der Waals surface area contributed by atoms with Gasteiger partial charge in [0.15, 0.2) is 0 Å². The first kappa shape index (κ1) is 7.70. The Bertz CT molecular complexity index is 76.5. The Morgan fingerprint density at radius 1 is 1.75 bits per heavy atom. The highest BCUT2D eigenvalue weighted by atomic mass is 16.3. The van der Waals surface area contributed by atoms with Crippen LogP contribution in [0.15, 0.2) is 12.2 Å². The van der Waals surface area contributed by atoms with Gasteiger partial charge in [-0.25, -0.2) is 0 Å². The predicted octanol–water partition coefficient (Wildman–Crippen LogP) is 1.58. The van der Waals surface area contributed by atoms with Gasteiger partial charge in [0.1, 0.15) is 0 Å². The fourth-order valence-corrected chi connectivity index (χ4v) is 0.659. The van der Waals surface area contributed by atoms with Crippen LogP contribution in [-0.4, -0.2) is 11.7 Å². The lowest BCUT2D eigenvalue weighted by Gasteiger charge is -2.04. The molecule has 1 N–H and O–H groups in total. The molecule has 48 valence electrons. The van der Waals surface area contributed by atoms with Crippen LogP contribution in [-0.2, 0) is 0 Å². The Hall–Kier alpha value is -0.300. The number of aliphatic hydroxyl groups is 1. The van der Waals surface area contributed by atoms with Crippen LogP contribution in [0.5, 0.6) is 0 Å². The average molecular weight is 114 g/mol. The highest BCUT2D eigenvalue weighted by Crippen LogP contribution is 2.06. The van der Waals surface area contributed by atoms with E-state index < -0.39 is 0 Å². The fourth-order valence-electron chi connectivity index (χ4n) is 0.659. The standard InChI is InChI=1S/C7H14O/c1-6(2)4-7(3)5-8/h7-8H,1,4-5H2,2-3H3. The molecular formula is C7H14O. The van der Waals surface area contributed by atoms with Crippen molar-refractivity contribution < 1.29 is 5.11 Å². The Balaban J connectivity index is 3.24. The minimum atomic E-state index is 0.271.